The second kappa shape index (κ2) is 7.32. The first-order valence-electron chi connectivity index (χ1n) is 6.74. The third-order valence-electron chi connectivity index (χ3n) is 3.26. The van der Waals surface area contributed by atoms with Gasteiger partial charge in [-0.05, 0) is 40.5 Å². The maximum Gasteiger partial charge on any atom is 0.258 e. The minimum Gasteiger partial charge on any atom is -0.493 e. The normalized spacial score (nSPS) is 10.1. The molecule has 1 amide bonds. The highest BCUT2D eigenvalue weighted by molar-refractivity contribution is 9.10. The number of carbonyl (C=O) groups excluding carboxylic acids is 1. The van der Waals surface area contributed by atoms with E-state index in [2.05, 4.69) is 26.2 Å². The van der Waals surface area contributed by atoms with Crippen LogP contribution < -0.4 is 19.5 Å². The second-order valence-electron chi connectivity index (χ2n) is 4.63. The summed E-state index contributed by atoms with van der Waals surface area (Å²) < 4.78 is 16.4. The van der Waals surface area contributed by atoms with Crippen LogP contribution in [0.3, 0.4) is 0 Å². The van der Waals surface area contributed by atoms with Gasteiger partial charge in [0.2, 0.25) is 5.75 Å². The molecule has 0 bridgehead atoms. The number of anilines is 1. The molecule has 7 heteroatoms. The van der Waals surface area contributed by atoms with Crippen molar-refractivity contribution >= 4 is 27.7 Å². The largest absolute Gasteiger partial charge is 0.493 e. The molecule has 1 aromatic heterocycles. The van der Waals surface area contributed by atoms with Crippen molar-refractivity contribution in [2.24, 2.45) is 0 Å². The van der Waals surface area contributed by atoms with Gasteiger partial charge in [0.15, 0.2) is 11.5 Å². The summed E-state index contributed by atoms with van der Waals surface area (Å²) in [7, 11) is 4.49. The van der Waals surface area contributed by atoms with Crippen molar-refractivity contribution in [1.82, 2.24) is 4.98 Å². The van der Waals surface area contributed by atoms with Gasteiger partial charge in [0.25, 0.3) is 5.91 Å². The van der Waals surface area contributed by atoms with Crippen LogP contribution in [0.25, 0.3) is 0 Å². The minimum atomic E-state index is -0.335. The maximum atomic E-state index is 12.6. The van der Waals surface area contributed by atoms with Gasteiger partial charge in [0.05, 0.1) is 31.4 Å². The number of halogens is 1. The predicted molar refractivity (Wildman–Crippen MR) is 90.7 cm³/mol. The van der Waals surface area contributed by atoms with E-state index in [1.807, 2.05) is 13.0 Å². The average molecular weight is 381 g/mol. The molecule has 0 saturated carbocycles. The van der Waals surface area contributed by atoms with Gasteiger partial charge in [-0.3, -0.25) is 4.79 Å². The molecule has 122 valence electrons. The number of nitrogens with one attached hydrogen (secondary N) is 1. The lowest BCUT2D eigenvalue weighted by atomic mass is 10.1. The molecule has 1 N–H and O–H groups in total. The van der Waals surface area contributed by atoms with Crippen LogP contribution >= 0.6 is 15.9 Å². The number of nitrogens with zero attached hydrogens (tertiary/aromatic N) is 1. The van der Waals surface area contributed by atoms with Crippen molar-refractivity contribution in [3.8, 4) is 17.2 Å². The first kappa shape index (κ1) is 17.1. The van der Waals surface area contributed by atoms with E-state index >= 15 is 0 Å². The lowest BCUT2D eigenvalue weighted by Gasteiger charge is -2.16. The highest BCUT2D eigenvalue weighted by Crippen LogP contribution is 2.44. The highest BCUT2D eigenvalue weighted by Gasteiger charge is 2.23. The van der Waals surface area contributed by atoms with E-state index in [9.17, 15) is 4.79 Å². The van der Waals surface area contributed by atoms with E-state index in [-0.39, 0.29) is 5.91 Å². The van der Waals surface area contributed by atoms with Crippen LogP contribution in [-0.4, -0.2) is 32.2 Å². The van der Waals surface area contributed by atoms with Crippen LogP contribution in [0.15, 0.2) is 28.9 Å². The van der Waals surface area contributed by atoms with Gasteiger partial charge in [-0.15, -0.1) is 0 Å². The zero-order valence-corrected chi connectivity index (χ0v) is 14.9. The van der Waals surface area contributed by atoms with Gasteiger partial charge >= 0.3 is 0 Å². The summed E-state index contributed by atoms with van der Waals surface area (Å²) >= 11 is 3.39. The number of methoxy groups -OCH3 is 3. The van der Waals surface area contributed by atoms with Crippen molar-refractivity contribution in [2.75, 3.05) is 26.6 Å². The fourth-order valence-corrected chi connectivity index (χ4v) is 2.71. The van der Waals surface area contributed by atoms with Gasteiger partial charge < -0.3 is 19.5 Å². The predicted octanol–water partition coefficient (Wildman–Crippen LogP) is 3.43. The molecule has 2 aromatic rings. The summed E-state index contributed by atoms with van der Waals surface area (Å²) in [6.45, 7) is 1.87. The van der Waals surface area contributed by atoms with E-state index in [1.54, 1.807) is 18.3 Å². The Balaban J connectivity index is 2.46. The van der Waals surface area contributed by atoms with Crippen LogP contribution in [-0.2, 0) is 0 Å². The molecular formula is C16H17BrN2O4. The molecule has 1 heterocycles. The number of hydrogen-bond donors (Lipinski definition) is 1. The molecule has 0 aliphatic carbocycles. The molecule has 0 spiro atoms. The third kappa shape index (κ3) is 3.39. The quantitative estimate of drug-likeness (QED) is 0.860. The smallest absolute Gasteiger partial charge is 0.258 e. The average Bonchev–Trinajstić information content (AvgIpc) is 2.56. The van der Waals surface area contributed by atoms with Crippen LogP contribution in [0, 0.1) is 6.92 Å². The van der Waals surface area contributed by atoms with Gasteiger partial charge in [0, 0.05) is 6.20 Å². The van der Waals surface area contributed by atoms with Crippen molar-refractivity contribution < 1.29 is 19.0 Å². The molecule has 2 rings (SSSR count). The van der Waals surface area contributed by atoms with Crippen molar-refractivity contribution in [1.29, 1.82) is 0 Å². The zero-order chi connectivity index (χ0) is 17.0. The number of ether oxygens (including phenoxy) is 3. The molecule has 0 atom stereocenters. The van der Waals surface area contributed by atoms with Crippen molar-refractivity contribution in [3.63, 3.8) is 0 Å². The van der Waals surface area contributed by atoms with Crippen LogP contribution in [0.2, 0.25) is 0 Å². The number of carbonyl (C=O) groups is 1. The van der Waals surface area contributed by atoms with Gasteiger partial charge in [-0.25, -0.2) is 4.98 Å². The Morgan fingerprint density at radius 2 is 1.87 bits per heavy atom. The standard InChI is InChI=1S/C16H17BrN2O4/c1-9-6-5-7-18-15(9)19-16(20)10-8-11(21-2)13(22-3)14(23-4)12(10)17/h5-8H,1-4H3,(H,18,19,20). The third-order valence-corrected chi connectivity index (χ3v) is 4.04. The minimum absolute atomic E-state index is 0.335. The maximum absolute atomic E-state index is 12.6. The summed E-state index contributed by atoms with van der Waals surface area (Å²) in [5.41, 5.74) is 1.22. The molecule has 0 aliphatic rings. The SMILES string of the molecule is COc1cc(C(=O)Nc2ncccc2C)c(Br)c(OC)c1OC. The monoisotopic (exact) mass is 380 g/mol. The number of amides is 1. The van der Waals surface area contributed by atoms with Gasteiger partial charge in [-0.2, -0.15) is 0 Å². The second-order valence-corrected chi connectivity index (χ2v) is 5.42. The lowest BCUT2D eigenvalue weighted by Crippen LogP contribution is -2.15. The first-order chi connectivity index (χ1) is 11.0. The molecule has 1 aromatic carbocycles. The Hall–Kier alpha value is -2.28. The fourth-order valence-electron chi connectivity index (χ4n) is 2.08. The van der Waals surface area contributed by atoms with Crippen molar-refractivity contribution in [2.45, 2.75) is 6.92 Å². The molecule has 0 unspecified atom stereocenters. The highest BCUT2D eigenvalue weighted by atomic mass is 79.9. The number of aryl methyl sites for hydroxylation is 1. The summed E-state index contributed by atoms with van der Waals surface area (Å²) in [5, 5.41) is 2.78. The van der Waals surface area contributed by atoms with Crippen LogP contribution in [0.1, 0.15) is 15.9 Å². The summed E-state index contributed by atoms with van der Waals surface area (Å²) in [6, 6.07) is 5.26. The van der Waals surface area contributed by atoms with Gasteiger partial charge in [0.1, 0.15) is 5.82 Å². The Morgan fingerprint density at radius 1 is 1.17 bits per heavy atom. The van der Waals surface area contributed by atoms with Crippen LogP contribution in [0.4, 0.5) is 5.82 Å². The topological polar surface area (TPSA) is 69.7 Å². The first-order valence-corrected chi connectivity index (χ1v) is 7.54. The van der Waals surface area contributed by atoms with E-state index < -0.39 is 0 Å². The van der Waals surface area contributed by atoms with E-state index in [1.165, 1.54) is 21.3 Å². The molecule has 0 fully saturated rings. The summed E-state index contributed by atoms with van der Waals surface area (Å²) in [6.07, 6.45) is 1.62. The number of rotatable bonds is 5. The molecule has 0 saturated heterocycles. The van der Waals surface area contributed by atoms with E-state index in [0.717, 1.165) is 5.56 Å². The van der Waals surface area contributed by atoms with Gasteiger partial charge in [-0.1, -0.05) is 6.07 Å². The number of benzene rings is 1. The molecule has 23 heavy (non-hydrogen) atoms. The van der Waals surface area contributed by atoms with E-state index in [4.69, 9.17) is 14.2 Å². The Kier molecular flexibility index (Phi) is 5.44. The van der Waals surface area contributed by atoms with Crippen molar-refractivity contribution in [3.05, 3.63) is 40.0 Å². The Labute approximate surface area is 142 Å². The molecule has 6 nitrogen and oxygen atoms in total. The molecular weight excluding hydrogens is 364 g/mol. The Bertz CT molecular complexity index is 734. The number of aromatic nitrogens is 1. The number of pyridine rings is 1. The number of hydrogen-bond acceptors (Lipinski definition) is 5. The summed E-state index contributed by atoms with van der Waals surface area (Å²) in [4.78, 5) is 16.7. The fraction of sp³-hybridized carbons (Fsp3) is 0.250. The molecule has 0 radical (unpaired) electrons. The Morgan fingerprint density at radius 3 is 2.43 bits per heavy atom. The summed E-state index contributed by atoms with van der Waals surface area (Å²) in [5.74, 6) is 1.36. The lowest BCUT2D eigenvalue weighted by molar-refractivity contribution is 0.102. The van der Waals surface area contributed by atoms with Crippen LogP contribution in [0.5, 0.6) is 17.2 Å². The zero-order valence-electron chi connectivity index (χ0n) is 13.3. The van der Waals surface area contributed by atoms with E-state index in [0.29, 0.717) is 33.1 Å². The molecule has 0 aliphatic heterocycles.